The summed E-state index contributed by atoms with van der Waals surface area (Å²) in [5.74, 6) is 0.445. The van der Waals surface area contributed by atoms with E-state index in [2.05, 4.69) is 95.7 Å². The van der Waals surface area contributed by atoms with Crippen LogP contribution < -0.4 is 0 Å². The van der Waals surface area contributed by atoms with E-state index in [4.69, 9.17) is 0 Å². The molecular weight excluding hydrogens is 460 g/mol. The molecular formula is C16H19Br3N2. The number of benzene rings is 1. The minimum absolute atomic E-state index is 0.445. The first-order valence-corrected chi connectivity index (χ1v) is 9.86. The molecule has 1 unspecified atom stereocenters. The van der Waals surface area contributed by atoms with E-state index < -0.39 is 0 Å². The lowest BCUT2D eigenvalue weighted by Gasteiger charge is -2.16. The number of aryl methyl sites for hydroxylation is 2. The number of hydrogen-bond donors (Lipinski definition) is 0. The Labute approximate surface area is 151 Å². The van der Waals surface area contributed by atoms with Crippen LogP contribution in [0.3, 0.4) is 0 Å². The van der Waals surface area contributed by atoms with Gasteiger partial charge in [0, 0.05) is 16.3 Å². The van der Waals surface area contributed by atoms with Crippen LogP contribution in [-0.2, 0) is 19.4 Å². The van der Waals surface area contributed by atoms with Crippen molar-refractivity contribution >= 4 is 47.8 Å². The van der Waals surface area contributed by atoms with Crippen LogP contribution in [0.4, 0.5) is 0 Å². The summed E-state index contributed by atoms with van der Waals surface area (Å²) in [6, 6.07) is 8.60. The molecule has 1 heterocycles. The van der Waals surface area contributed by atoms with Gasteiger partial charge in [-0.2, -0.15) is 5.10 Å². The van der Waals surface area contributed by atoms with Gasteiger partial charge in [-0.1, -0.05) is 50.9 Å². The molecule has 0 aliphatic carbocycles. The van der Waals surface area contributed by atoms with Crippen molar-refractivity contribution in [1.82, 2.24) is 9.78 Å². The Morgan fingerprint density at radius 1 is 1.14 bits per heavy atom. The molecule has 0 bridgehead atoms. The average Bonchev–Trinajstić information content (AvgIpc) is 2.81. The number of alkyl halides is 1. The van der Waals surface area contributed by atoms with Crippen LogP contribution in [0.5, 0.6) is 0 Å². The Kier molecular flexibility index (Phi) is 6.51. The normalized spacial score (nSPS) is 12.6. The standard InChI is InChI=1S/C16H19Br3N2/c1-3-14-16(19)15(21(4-2)20-14)9-12(10-17)11-5-7-13(18)8-6-11/h5-8,12H,3-4,9-10H2,1-2H3. The Balaban J connectivity index is 2.30. The minimum atomic E-state index is 0.445. The van der Waals surface area contributed by atoms with Crippen molar-refractivity contribution in [3.8, 4) is 0 Å². The Hall–Kier alpha value is -0.130. The van der Waals surface area contributed by atoms with Crippen molar-refractivity contribution < 1.29 is 0 Å². The molecule has 0 saturated carbocycles. The molecule has 1 aromatic carbocycles. The molecule has 0 amide bonds. The molecule has 0 radical (unpaired) electrons. The topological polar surface area (TPSA) is 17.8 Å². The highest BCUT2D eigenvalue weighted by atomic mass is 79.9. The second kappa shape index (κ2) is 7.93. The molecule has 0 fully saturated rings. The van der Waals surface area contributed by atoms with E-state index in [0.717, 1.165) is 34.9 Å². The van der Waals surface area contributed by atoms with Gasteiger partial charge in [0.05, 0.1) is 15.9 Å². The summed E-state index contributed by atoms with van der Waals surface area (Å²) in [5.41, 5.74) is 3.79. The predicted molar refractivity (Wildman–Crippen MR) is 99.4 cm³/mol. The summed E-state index contributed by atoms with van der Waals surface area (Å²) in [6.07, 6.45) is 1.94. The largest absolute Gasteiger partial charge is 0.268 e. The summed E-state index contributed by atoms with van der Waals surface area (Å²) in [4.78, 5) is 0. The number of nitrogens with zero attached hydrogens (tertiary/aromatic N) is 2. The highest BCUT2D eigenvalue weighted by molar-refractivity contribution is 9.11. The summed E-state index contributed by atoms with van der Waals surface area (Å²) < 4.78 is 4.42. The van der Waals surface area contributed by atoms with Gasteiger partial charge in [-0.25, -0.2) is 0 Å². The lowest BCUT2D eigenvalue weighted by atomic mass is 9.96. The molecule has 0 N–H and O–H groups in total. The lowest BCUT2D eigenvalue weighted by Crippen LogP contribution is -2.10. The zero-order chi connectivity index (χ0) is 15.4. The summed E-state index contributed by atoms with van der Waals surface area (Å²) >= 11 is 10.9. The van der Waals surface area contributed by atoms with Crippen LogP contribution in [-0.4, -0.2) is 15.1 Å². The third kappa shape index (κ3) is 3.99. The van der Waals surface area contributed by atoms with E-state index in [1.165, 1.54) is 15.7 Å². The first kappa shape index (κ1) is 17.2. The van der Waals surface area contributed by atoms with Gasteiger partial charge < -0.3 is 0 Å². The van der Waals surface area contributed by atoms with Crippen LogP contribution in [0.25, 0.3) is 0 Å². The molecule has 114 valence electrons. The highest BCUT2D eigenvalue weighted by Gasteiger charge is 2.19. The maximum Gasteiger partial charge on any atom is 0.0766 e. The van der Waals surface area contributed by atoms with E-state index in [1.807, 2.05) is 0 Å². The zero-order valence-corrected chi connectivity index (χ0v) is 17.0. The van der Waals surface area contributed by atoms with Gasteiger partial charge in [-0.3, -0.25) is 4.68 Å². The van der Waals surface area contributed by atoms with Crippen molar-refractivity contribution in [3.63, 3.8) is 0 Å². The second-order valence-electron chi connectivity index (χ2n) is 4.98. The molecule has 2 rings (SSSR count). The van der Waals surface area contributed by atoms with Crippen LogP contribution >= 0.6 is 47.8 Å². The SMILES string of the molecule is CCc1nn(CC)c(CC(CBr)c2ccc(Br)cc2)c1Br. The highest BCUT2D eigenvalue weighted by Crippen LogP contribution is 2.30. The van der Waals surface area contributed by atoms with Crippen molar-refractivity contribution in [2.45, 2.75) is 39.2 Å². The molecule has 0 spiro atoms. The summed E-state index contributed by atoms with van der Waals surface area (Å²) in [6.45, 7) is 5.20. The quantitative estimate of drug-likeness (QED) is 0.486. The molecule has 1 aromatic heterocycles. The van der Waals surface area contributed by atoms with Crippen molar-refractivity contribution in [3.05, 3.63) is 50.2 Å². The van der Waals surface area contributed by atoms with Crippen LogP contribution in [0, 0.1) is 0 Å². The fraction of sp³-hybridized carbons (Fsp3) is 0.438. The predicted octanol–water partition coefficient (Wildman–Crippen LogP) is 5.71. The Bertz CT molecular complexity index is 590. The fourth-order valence-corrected chi connectivity index (χ4v) is 4.04. The van der Waals surface area contributed by atoms with Gasteiger partial charge in [0.1, 0.15) is 0 Å². The van der Waals surface area contributed by atoms with Gasteiger partial charge in [-0.15, -0.1) is 0 Å². The summed E-state index contributed by atoms with van der Waals surface area (Å²) in [5, 5.41) is 5.63. The smallest absolute Gasteiger partial charge is 0.0766 e. The van der Waals surface area contributed by atoms with Gasteiger partial charge in [-0.05, 0) is 59.3 Å². The van der Waals surface area contributed by atoms with Gasteiger partial charge in [0.2, 0.25) is 0 Å². The molecule has 0 aliphatic heterocycles. The molecule has 0 saturated heterocycles. The van der Waals surface area contributed by atoms with E-state index in [0.29, 0.717) is 5.92 Å². The van der Waals surface area contributed by atoms with Crippen molar-refractivity contribution in [2.75, 3.05) is 5.33 Å². The molecule has 1 atom stereocenters. The van der Waals surface area contributed by atoms with Crippen LogP contribution in [0.2, 0.25) is 0 Å². The number of halogens is 3. The average molecular weight is 479 g/mol. The monoisotopic (exact) mass is 476 g/mol. The van der Waals surface area contributed by atoms with E-state index in [1.54, 1.807) is 0 Å². The van der Waals surface area contributed by atoms with E-state index in [-0.39, 0.29) is 0 Å². The van der Waals surface area contributed by atoms with E-state index >= 15 is 0 Å². The van der Waals surface area contributed by atoms with Crippen LogP contribution in [0.15, 0.2) is 33.2 Å². The molecule has 2 aromatic rings. The van der Waals surface area contributed by atoms with Crippen molar-refractivity contribution in [1.29, 1.82) is 0 Å². The van der Waals surface area contributed by atoms with Gasteiger partial charge in [0.25, 0.3) is 0 Å². The number of rotatable bonds is 6. The van der Waals surface area contributed by atoms with Gasteiger partial charge in [0.15, 0.2) is 0 Å². The fourth-order valence-electron chi connectivity index (χ4n) is 2.44. The molecule has 0 aliphatic rings. The molecule has 5 heteroatoms. The lowest BCUT2D eigenvalue weighted by molar-refractivity contribution is 0.594. The summed E-state index contributed by atoms with van der Waals surface area (Å²) in [7, 11) is 0. The second-order valence-corrected chi connectivity index (χ2v) is 7.34. The van der Waals surface area contributed by atoms with Crippen LogP contribution in [0.1, 0.15) is 36.7 Å². The van der Waals surface area contributed by atoms with Gasteiger partial charge >= 0.3 is 0 Å². The first-order valence-electron chi connectivity index (χ1n) is 7.16. The number of aromatic nitrogens is 2. The third-order valence-corrected chi connectivity index (χ3v) is 5.89. The molecule has 21 heavy (non-hydrogen) atoms. The molecule has 2 nitrogen and oxygen atoms in total. The third-order valence-electron chi connectivity index (χ3n) is 3.66. The Morgan fingerprint density at radius 3 is 2.33 bits per heavy atom. The van der Waals surface area contributed by atoms with Crippen molar-refractivity contribution in [2.24, 2.45) is 0 Å². The zero-order valence-electron chi connectivity index (χ0n) is 12.2. The number of hydrogen-bond acceptors (Lipinski definition) is 1. The Morgan fingerprint density at radius 2 is 1.81 bits per heavy atom. The first-order chi connectivity index (χ1) is 10.1. The van der Waals surface area contributed by atoms with E-state index in [9.17, 15) is 0 Å². The maximum absolute atomic E-state index is 4.69. The maximum atomic E-state index is 4.69. The minimum Gasteiger partial charge on any atom is -0.268 e.